The van der Waals surface area contributed by atoms with Crippen LogP contribution in [0.25, 0.3) is 0 Å². The number of anilines is 1. The van der Waals surface area contributed by atoms with Gasteiger partial charge in [0.15, 0.2) is 5.78 Å². The molecule has 0 saturated carbocycles. The topological polar surface area (TPSA) is 74.5 Å². The molecule has 0 bridgehead atoms. The highest BCUT2D eigenvalue weighted by Crippen LogP contribution is 2.46. The molecule has 0 aromatic heterocycles. The standard InChI is InChI=1S/C30H20N2O4/c33-27(20-12-6-2-7-13-20)26-25(19-10-4-1-5-11-19)32(26)28(34)21-16-17-23-24(18-21)30(36)31(29(23)35)22-14-8-3-9-15-22/h1-18,25-26H/t25-,26-,32?/m0/s1. The van der Waals surface area contributed by atoms with Crippen LogP contribution >= 0.6 is 0 Å². The number of rotatable bonds is 5. The third-order valence-corrected chi connectivity index (χ3v) is 6.66. The van der Waals surface area contributed by atoms with E-state index in [-0.39, 0.29) is 28.4 Å². The molecule has 3 amide bonds. The van der Waals surface area contributed by atoms with E-state index < -0.39 is 23.9 Å². The summed E-state index contributed by atoms with van der Waals surface area (Å²) in [6, 6.07) is 30.5. The molecule has 2 aliphatic rings. The summed E-state index contributed by atoms with van der Waals surface area (Å²) in [6.45, 7) is 0. The number of fused-ring (bicyclic) bond motifs is 1. The molecule has 6 rings (SSSR count). The molecule has 2 atom stereocenters. The minimum Gasteiger partial charge on any atom is -0.316 e. The average Bonchev–Trinajstić information content (AvgIpc) is 3.63. The van der Waals surface area contributed by atoms with Gasteiger partial charge in [0.2, 0.25) is 0 Å². The van der Waals surface area contributed by atoms with Crippen molar-refractivity contribution in [3.63, 3.8) is 0 Å². The molecule has 2 heterocycles. The van der Waals surface area contributed by atoms with Crippen LogP contribution in [0.1, 0.15) is 53.0 Å². The van der Waals surface area contributed by atoms with Crippen molar-refractivity contribution in [2.75, 3.05) is 4.90 Å². The van der Waals surface area contributed by atoms with E-state index in [0.29, 0.717) is 11.3 Å². The number of imide groups is 1. The molecule has 0 unspecified atom stereocenters. The molecule has 0 radical (unpaired) electrons. The van der Waals surface area contributed by atoms with Crippen LogP contribution in [-0.4, -0.2) is 34.4 Å². The molecule has 0 aliphatic carbocycles. The zero-order chi connectivity index (χ0) is 24.8. The third-order valence-electron chi connectivity index (χ3n) is 6.66. The Hall–Kier alpha value is -4.84. The first kappa shape index (κ1) is 21.7. The van der Waals surface area contributed by atoms with Crippen LogP contribution in [0.5, 0.6) is 0 Å². The molecule has 4 aromatic carbocycles. The largest absolute Gasteiger partial charge is 0.316 e. The summed E-state index contributed by atoms with van der Waals surface area (Å²) in [7, 11) is 0. The van der Waals surface area contributed by atoms with E-state index in [4.69, 9.17) is 0 Å². The Bertz CT molecular complexity index is 1520. The summed E-state index contributed by atoms with van der Waals surface area (Å²) in [4.78, 5) is 55.7. The van der Waals surface area contributed by atoms with Crippen molar-refractivity contribution in [1.29, 1.82) is 0 Å². The molecule has 4 aromatic rings. The smallest absolute Gasteiger partial charge is 0.266 e. The molecule has 174 valence electrons. The summed E-state index contributed by atoms with van der Waals surface area (Å²) in [5, 5.41) is 0. The van der Waals surface area contributed by atoms with E-state index >= 15 is 0 Å². The van der Waals surface area contributed by atoms with E-state index in [1.54, 1.807) is 65.6 Å². The highest BCUT2D eigenvalue weighted by Gasteiger charge is 2.56. The number of carbonyl (C=O) groups excluding carboxylic acids is 4. The highest BCUT2D eigenvalue weighted by molar-refractivity contribution is 6.34. The quantitative estimate of drug-likeness (QED) is 0.234. The number of hydrogen-bond acceptors (Lipinski definition) is 4. The van der Waals surface area contributed by atoms with Gasteiger partial charge in [-0.2, -0.15) is 0 Å². The number of Topliss-reactive ketones (excluding diaryl/α,β-unsaturated/α-hetero) is 1. The predicted octanol–water partition coefficient (Wildman–Crippen LogP) is 4.94. The molecular weight excluding hydrogens is 452 g/mol. The van der Waals surface area contributed by atoms with Gasteiger partial charge in [0.05, 0.1) is 22.9 Å². The fourth-order valence-electron chi connectivity index (χ4n) is 4.85. The summed E-state index contributed by atoms with van der Waals surface area (Å²) in [5.41, 5.74) is 2.56. The van der Waals surface area contributed by atoms with Crippen LogP contribution in [-0.2, 0) is 0 Å². The molecular formula is C30H20N2O4. The molecule has 36 heavy (non-hydrogen) atoms. The summed E-state index contributed by atoms with van der Waals surface area (Å²) >= 11 is 0. The lowest BCUT2D eigenvalue weighted by atomic mass is 10.0. The summed E-state index contributed by atoms with van der Waals surface area (Å²) in [6.07, 6.45) is 0. The van der Waals surface area contributed by atoms with Gasteiger partial charge in [0.25, 0.3) is 17.7 Å². The summed E-state index contributed by atoms with van der Waals surface area (Å²) in [5.74, 6) is -1.40. The molecule has 0 N–H and O–H groups in total. The minimum absolute atomic E-state index is 0.138. The van der Waals surface area contributed by atoms with Crippen LogP contribution in [0.2, 0.25) is 0 Å². The van der Waals surface area contributed by atoms with Gasteiger partial charge in [0.1, 0.15) is 6.04 Å². The SMILES string of the molecule is O=C(c1ccccc1)[C@@H]1[C@H](c2ccccc2)N1C(=O)c1ccc2c(c1)C(=O)N(c1ccccc1)C2=O. The lowest BCUT2D eigenvalue weighted by molar-refractivity contribution is 0.0833. The Morgan fingerprint density at radius 3 is 1.86 bits per heavy atom. The van der Waals surface area contributed by atoms with Crippen molar-refractivity contribution in [2.45, 2.75) is 12.1 Å². The van der Waals surface area contributed by atoms with Gasteiger partial charge in [-0.1, -0.05) is 78.9 Å². The van der Waals surface area contributed by atoms with Crippen LogP contribution in [0.3, 0.4) is 0 Å². The fraction of sp³-hybridized carbons (Fsp3) is 0.0667. The number of benzene rings is 4. The molecule has 6 heteroatoms. The number of amides is 3. The van der Waals surface area contributed by atoms with E-state index in [0.717, 1.165) is 10.5 Å². The normalized spacial score (nSPS) is 18.2. The van der Waals surface area contributed by atoms with Gasteiger partial charge in [-0.15, -0.1) is 0 Å². The highest BCUT2D eigenvalue weighted by atomic mass is 16.2. The van der Waals surface area contributed by atoms with Crippen molar-refractivity contribution >= 4 is 29.2 Å². The second-order valence-corrected chi connectivity index (χ2v) is 8.78. The molecule has 1 saturated heterocycles. The average molecular weight is 473 g/mol. The zero-order valence-electron chi connectivity index (χ0n) is 19.1. The number of nitrogens with zero attached hydrogens (tertiary/aromatic N) is 2. The molecule has 6 nitrogen and oxygen atoms in total. The molecule has 0 spiro atoms. The Morgan fingerprint density at radius 1 is 0.611 bits per heavy atom. The van der Waals surface area contributed by atoms with Crippen molar-refractivity contribution in [3.05, 3.63) is 137 Å². The maximum Gasteiger partial charge on any atom is 0.266 e. The Morgan fingerprint density at radius 2 is 1.19 bits per heavy atom. The first-order valence-corrected chi connectivity index (χ1v) is 11.6. The van der Waals surface area contributed by atoms with Gasteiger partial charge < -0.3 is 4.90 Å². The van der Waals surface area contributed by atoms with E-state index in [2.05, 4.69) is 0 Å². The van der Waals surface area contributed by atoms with Crippen LogP contribution in [0, 0.1) is 0 Å². The number of para-hydroxylation sites is 1. The third kappa shape index (κ3) is 3.43. The van der Waals surface area contributed by atoms with Gasteiger partial charge in [0, 0.05) is 11.1 Å². The van der Waals surface area contributed by atoms with Gasteiger partial charge in [-0.3, -0.25) is 19.2 Å². The Balaban J connectivity index is 1.34. The van der Waals surface area contributed by atoms with Gasteiger partial charge in [-0.05, 0) is 35.9 Å². The lowest BCUT2D eigenvalue weighted by Crippen LogP contribution is -2.29. The Kier molecular flexibility index (Phi) is 5.08. The van der Waals surface area contributed by atoms with Crippen LogP contribution in [0.4, 0.5) is 5.69 Å². The second-order valence-electron chi connectivity index (χ2n) is 8.78. The lowest BCUT2D eigenvalue weighted by Gasteiger charge is -2.13. The number of hydrogen-bond donors (Lipinski definition) is 0. The van der Waals surface area contributed by atoms with E-state index in [9.17, 15) is 19.2 Å². The molecule has 2 aliphatic heterocycles. The maximum atomic E-state index is 13.6. The van der Waals surface area contributed by atoms with E-state index in [1.807, 2.05) is 36.4 Å². The van der Waals surface area contributed by atoms with Crippen LogP contribution in [0.15, 0.2) is 109 Å². The van der Waals surface area contributed by atoms with Gasteiger partial charge in [-0.25, -0.2) is 4.90 Å². The number of ketones is 1. The zero-order valence-corrected chi connectivity index (χ0v) is 19.1. The number of carbonyl (C=O) groups is 4. The first-order valence-electron chi connectivity index (χ1n) is 11.6. The second kappa shape index (κ2) is 8.43. The van der Waals surface area contributed by atoms with Crippen molar-refractivity contribution < 1.29 is 19.2 Å². The Labute approximate surface area is 207 Å². The predicted molar refractivity (Wildman–Crippen MR) is 134 cm³/mol. The van der Waals surface area contributed by atoms with Crippen molar-refractivity contribution in [1.82, 2.24) is 4.90 Å². The molecule has 1 fully saturated rings. The maximum absolute atomic E-state index is 13.6. The van der Waals surface area contributed by atoms with Crippen molar-refractivity contribution in [3.8, 4) is 0 Å². The minimum atomic E-state index is -0.645. The first-order chi connectivity index (χ1) is 17.6. The monoisotopic (exact) mass is 472 g/mol. The fourth-order valence-corrected chi connectivity index (χ4v) is 4.85. The van der Waals surface area contributed by atoms with Crippen molar-refractivity contribution in [2.24, 2.45) is 0 Å². The van der Waals surface area contributed by atoms with Crippen LogP contribution < -0.4 is 4.90 Å². The summed E-state index contributed by atoms with van der Waals surface area (Å²) < 4.78 is 0. The van der Waals surface area contributed by atoms with E-state index in [1.165, 1.54) is 12.1 Å². The van der Waals surface area contributed by atoms with Gasteiger partial charge >= 0.3 is 0 Å².